The van der Waals surface area contributed by atoms with Gasteiger partial charge in [-0.2, -0.15) is 0 Å². The number of pyridine rings is 1. The van der Waals surface area contributed by atoms with Crippen LogP contribution in [0, 0.1) is 0 Å². The molecular weight excluding hydrogens is 328 g/mol. The van der Waals surface area contributed by atoms with Crippen LogP contribution in [0.3, 0.4) is 0 Å². The first-order valence-corrected chi connectivity index (χ1v) is 8.74. The third-order valence-corrected chi connectivity index (χ3v) is 3.33. The fourth-order valence-corrected chi connectivity index (χ4v) is 2.23. The monoisotopic (exact) mass is 356 g/mol. The van der Waals surface area contributed by atoms with E-state index >= 15 is 0 Å². The predicted molar refractivity (Wildman–Crippen MR) is 105 cm³/mol. The van der Waals surface area contributed by atoms with Gasteiger partial charge in [-0.1, -0.05) is 0 Å². The maximum absolute atomic E-state index is 5.83. The van der Waals surface area contributed by atoms with Gasteiger partial charge >= 0.3 is 0 Å². The standard InChI is InChI=1S/C20H28N4O2/c1-6-25-16-7-9-17(10-8-16)26-18-13-15(11-12-22-18)14-23-19(21-5)24-20(2,3)4/h7-13H,6,14H2,1-5H3,(H2,21,23,24). The first kappa shape index (κ1) is 19.6. The summed E-state index contributed by atoms with van der Waals surface area (Å²) < 4.78 is 11.3. The molecule has 0 saturated heterocycles. The van der Waals surface area contributed by atoms with E-state index in [9.17, 15) is 0 Å². The molecule has 2 N–H and O–H groups in total. The molecule has 0 aliphatic carbocycles. The summed E-state index contributed by atoms with van der Waals surface area (Å²) >= 11 is 0. The summed E-state index contributed by atoms with van der Waals surface area (Å²) in [6.07, 6.45) is 1.74. The number of ether oxygens (including phenoxy) is 2. The first-order chi connectivity index (χ1) is 12.4. The number of hydrogen-bond donors (Lipinski definition) is 2. The van der Waals surface area contributed by atoms with Crippen LogP contribution in [0.2, 0.25) is 0 Å². The summed E-state index contributed by atoms with van der Waals surface area (Å²) in [6, 6.07) is 11.4. The summed E-state index contributed by atoms with van der Waals surface area (Å²) in [5.41, 5.74) is 1.000. The molecule has 0 unspecified atom stereocenters. The SMILES string of the molecule is CCOc1ccc(Oc2cc(CNC(=NC)NC(C)(C)C)ccn2)cc1. The Labute approximate surface area is 155 Å². The molecule has 2 rings (SSSR count). The second-order valence-electron chi connectivity index (χ2n) is 6.81. The number of rotatable bonds is 6. The van der Waals surface area contributed by atoms with Crippen LogP contribution in [0.5, 0.6) is 17.4 Å². The molecule has 6 heteroatoms. The number of aromatic nitrogens is 1. The zero-order valence-electron chi connectivity index (χ0n) is 16.2. The zero-order chi connectivity index (χ0) is 19.0. The summed E-state index contributed by atoms with van der Waals surface area (Å²) in [5.74, 6) is 2.84. The molecule has 0 saturated carbocycles. The number of guanidine groups is 1. The van der Waals surface area contributed by atoms with Crippen molar-refractivity contribution >= 4 is 5.96 Å². The lowest BCUT2D eigenvalue weighted by Gasteiger charge is -2.23. The highest BCUT2D eigenvalue weighted by Gasteiger charge is 2.11. The molecule has 0 fully saturated rings. The molecular formula is C20H28N4O2. The molecule has 0 spiro atoms. The van der Waals surface area contributed by atoms with Crippen molar-refractivity contribution in [3.05, 3.63) is 48.2 Å². The fourth-order valence-electron chi connectivity index (χ4n) is 2.23. The highest BCUT2D eigenvalue weighted by Crippen LogP contribution is 2.23. The first-order valence-electron chi connectivity index (χ1n) is 8.74. The largest absolute Gasteiger partial charge is 0.494 e. The second-order valence-corrected chi connectivity index (χ2v) is 6.81. The Kier molecular flexibility index (Phi) is 6.83. The van der Waals surface area contributed by atoms with Gasteiger partial charge in [0.1, 0.15) is 11.5 Å². The minimum Gasteiger partial charge on any atom is -0.494 e. The molecule has 26 heavy (non-hydrogen) atoms. The molecule has 1 aromatic heterocycles. The van der Waals surface area contributed by atoms with Crippen LogP contribution in [0.25, 0.3) is 0 Å². The van der Waals surface area contributed by atoms with Gasteiger partial charge in [-0.15, -0.1) is 0 Å². The smallest absolute Gasteiger partial charge is 0.219 e. The van der Waals surface area contributed by atoms with Gasteiger partial charge < -0.3 is 20.1 Å². The maximum Gasteiger partial charge on any atom is 0.219 e. The normalized spacial score (nSPS) is 11.8. The summed E-state index contributed by atoms with van der Waals surface area (Å²) in [7, 11) is 1.76. The quantitative estimate of drug-likeness (QED) is 0.610. The third kappa shape index (κ3) is 6.63. The molecule has 140 valence electrons. The number of hydrogen-bond acceptors (Lipinski definition) is 4. The van der Waals surface area contributed by atoms with Gasteiger partial charge in [0.15, 0.2) is 5.96 Å². The van der Waals surface area contributed by atoms with Gasteiger partial charge in [0.2, 0.25) is 5.88 Å². The van der Waals surface area contributed by atoms with E-state index < -0.39 is 0 Å². The van der Waals surface area contributed by atoms with Crippen molar-refractivity contribution in [2.45, 2.75) is 39.8 Å². The average Bonchev–Trinajstić information content (AvgIpc) is 2.60. The van der Waals surface area contributed by atoms with Crippen molar-refractivity contribution in [1.29, 1.82) is 0 Å². The number of aliphatic imine (C=N–C) groups is 1. The van der Waals surface area contributed by atoms with Gasteiger partial charge in [-0.05, 0) is 63.6 Å². The molecule has 6 nitrogen and oxygen atoms in total. The number of nitrogens with one attached hydrogen (secondary N) is 2. The molecule has 1 aromatic carbocycles. The van der Waals surface area contributed by atoms with Crippen LogP contribution in [0.4, 0.5) is 0 Å². The Bertz CT molecular complexity index is 721. The second kappa shape index (κ2) is 9.08. The topological polar surface area (TPSA) is 67.8 Å². The molecule has 1 heterocycles. The van der Waals surface area contributed by atoms with Crippen molar-refractivity contribution in [3.8, 4) is 17.4 Å². The van der Waals surface area contributed by atoms with Crippen LogP contribution in [-0.4, -0.2) is 30.1 Å². The van der Waals surface area contributed by atoms with Gasteiger partial charge in [-0.3, -0.25) is 4.99 Å². The Hall–Kier alpha value is -2.76. The van der Waals surface area contributed by atoms with E-state index in [1.54, 1.807) is 13.2 Å². The van der Waals surface area contributed by atoms with E-state index in [0.717, 1.165) is 23.0 Å². The molecule has 2 aromatic rings. The van der Waals surface area contributed by atoms with Crippen LogP contribution >= 0.6 is 0 Å². The predicted octanol–water partition coefficient (Wildman–Crippen LogP) is 3.74. The van der Waals surface area contributed by atoms with Crippen molar-refractivity contribution < 1.29 is 9.47 Å². The highest BCUT2D eigenvalue weighted by molar-refractivity contribution is 5.80. The fraction of sp³-hybridized carbons (Fsp3) is 0.400. The van der Waals surface area contributed by atoms with E-state index in [1.165, 1.54) is 0 Å². The van der Waals surface area contributed by atoms with Gasteiger partial charge in [0.05, 0.1) is 6.61 Å². The Balaban J connectivity index is 1.97. The maximum atomic E-state index is 5.83. The number of nitrogens with zero attached hydrogens (tertiary/aromatic N) is 2. The van der Waals surface area contributed by atoms with E-state index in [0.29, 0.717) is 19.0 Å². The Morgan fingerprint density at radius 3 is 2.42 bits per heavy atom. The van der Waals surface area contributed by atoms with E-state index in [4.69, 9.17) is 9.47 Å². The molecule has 0 aliphatic heterocycles. The summed E-state index contributed by atoms with van der Waals surface area (Å²) in [6.45, 7) is 9.50. The summed E-state index contributed by atoms with van der Waals surface area (Å²) in [5, 5.41) is 6.62. The Morgan fingerprint density at radius 2 is 1.81 bits per heavy atom. The lowest BCUT2D eigenvalue weighted by atomic mass is 10.1. The zero-order valence-corrected chi connectivity index (χ0v) is 16.2. The van der Waals surface area contributed by atoms with Crippen molar-refractivity contribution in [2.75, 3.05) is 13.7 Å². The average molecular weight is 356 g/mol. The van der Waals surface area contributed by atoms with E-state index in [2.05, 4.69) is 41.4 Å². The van der Waals surface area contributed by atoms with Crippen LogP contribution in [0.15, 0.2) is 47.6 Å². The third-order valence-electron chi connectivity index (χ3n) is 3.33. The van der Waals surface area contributed by atoms with E-state index in [1.807, 2.05) is 43.3 Å². The highest BCUT2D eigenvalue weighted by atomic mass is 16.5. The van der Waals surface area contributed by atoms with Crippen LogP contribution in [0.1, 0.15) is 33.3 Å². The lowest BCUT2D eigenvalue weighted by molar-refractivity contribution is 0.339. The van der Waals surface area contributed by atoms with Crippen molar-refractivity contribution in [1.82, 2.24) is 15.6 Å². The minimum absolute atomic E-state index is 0.0536. The Morgan fingerprint density at radius 1 is 1.12 bits per heavy atom. The molecule has 0 atom stereocenters. The van der Waals surface area contributed by atoms with Crippen LogP contribution in [-0.2, 0) is 6.54 Å². The molecule has 0 radical (unpaired) electrons. The molecule has 0 bridgehead atoms. The minimum atomic E-state index is -0.0536. The van der Waals surface area contributed by atoms with Crippen LogP contribution < -0.4 is 20.1 Å². The van der Waals surface area contributed by atoms with Gasteiger partial charge in [0.25, 0.3) is 0 Å². The van der Waals surface area contributed by atoms with Gasteiger partial charge in [0, 0.05) is 31.4 Å². The molecule has 0 amide bonds. The van der Waals surface area contributed by atoms with Crippen molar-refractivity contribution in [3.63, 3.8) is 0 Å². The van der Waals surface area contributed by atoms with Crippen molar-refractivity contribution in [2.24, 2.45) is 4.99 Å². The number of benzene rings is 1. The summed E-state index contributed by atoms with van der Waals surface area (Å²) in [4.78, 5) is 8.51. The lowest BCUT2D eigenvalue weighted by Crippen LogP contribution is -2.47. The molecule has 0 aliphatic rings. The van der Waals surface area contributed by atoms with Gasteiger partial charge in [-0.25, -0.2) is 4.98 Å². The van der Waals surface area contributed by atoms with E-state index in [-0.39, 0.29) is 5.54 Å².